The summed E-state index contributed by atoms with van der Waals surface area (Å²) >= 11 is 0. The number of nitrogens with zero attached hydrogens (tertiary/aromatic N) is 4. The van der Waals surface area contributed by atoms with Crippen LogP contribution in [0, 0.1) is 0 Å². The smallest absolute Gasteiger partial charge is 0.299 e. The maximum absolute atomic E-state index is 4.63. The highest BCUT2D eigenvalue weighted by atomic mass is 16.5. The van der Waals surface area contributed by atoms with Crippen LogP contribution >= 0.6 is 0 Å². The van der Waals surface area contributed by atoms with Crippen molar-refractivity contribution in [2.24, 2.45) is 0 Å². The molecule has 0 saturated carbocycles. The molecule has 2 rings (SSSR count). The van der Waals surface area contributed by atoms with Gasteiger partial charge in [0.25, 0.3) is 11.7 Å². The molecular formula is C4H2N4O2. The molecule has 0 spiro atoms. The first-order valence-corrected chi connectivity index (χ1v) is 2.50. The van der Waals surface area contributed by atoms with Crippen molar-refractivity contribution in [3.05, 3.63) is 12.7 Å². The molecule has 6 heteroatoms. The van der Waals surface area contributed by atoms with Crippen molar-refractivity contribution >= 4 is 0 Å². The molecule has 0 radical (unpaired) electrons. The van der Waals surface area contributed by atoms with Gasteiger partial charge < -0.3 is 9.05 Å². The number of rotatable bonds is 1. The van der Waals surface area contributed by atoms with E-state index < -0.39 is 0 Å². The molecule has 2 aromatic heterocycles. The molecule has 0 amide bonds. The standard InChI is InChI=1S/C4H2N4O2/c1-5-4(10-7-1)3-6-2-9-8-3/h1-2H. The molecule has 0 atom stereocenters. The summed E-state index contributed by atoms with van der Waals surface area (Å²) in [6.07, 6.45) is 2.46. The SMILES string of the molecule is c1noc(-c2ncon2)n1. The van der Waals surface area contributed by atoms with E-state index in [1.807, 2.05) is 0 Å². The fourth-order valence-corrected chi connectivity index (χ4v) is 0.536. The van der Waals surface area contributed by atoms with Crippen molar-refractivity contribution in [2.75, 3.05) is 0 Å². The maximum atomic E-state index is 4.63. The molecule has 0 bridgehead atoms. The van der Waals surface area contributed by atoms with E-state index in [9.17, 15) is 0 Å². The van der Waals surface area contributed by atoms with Gasteiger partial charge in [-0.15, -0.1) is 0 Å². The lowest BCUT2D eigenvalue weighted by Crippen LogP contribution is -1.77. The minimum Gasteiger partial charge on any atom is -0.342 e. The zero-order valence-electron chi connectivity index (χ0n) is 4.76. The maximum Gasteiger partial charge on any atom is 0.299 e. The molecule has 0 unspecified atom stereocenters. The molecule has 2 aromatic rings. The Morgan fingerprint density at radius 3 is 2.90 bits per heavy atom. The lowest BCUT2D eigenvalue weighted by Gasteiger charge is -1.75. The van der Waals surface area contributed by atoms with Crippen LogP contribution in [0.5, 0.6) is 0 Å². The van der Waals surface area contributed by atoms with Gasteiger partial charge in [-0.05, 0) is 0 Å². The number of hydrogen-bond acceptors (Lipinski definition) is 6. The summed E-state index contributed by atoms with van der Waals surface area (Å²) in [6.45, 7) is 0. The van der Waals surface area contributed by atoms with E-state index in [1.165, 1.54) is 12.7 Å². The van der Waals surface area contributed by atoms with Gasteiger partial charge in [0, 0.05) is 0 Å². The molecule has 0 aliphatic rings. The highest BCUT2D eigenvalue weighted by molar-refractivity contribution is 5.35. The highest BCUT2D eigenvalue weighted by Crippen LogP contribution is 2.07. The zero-order valence-corrected chi connectivity index (χ0v) is 4.76. The van der Waals surface area contributed by atoms with Crippen LogP contribution in [0.25, 0.3) is 11.7 Å². The first kappa shape index (κ1) is 5.10. The molecule has 6 nitrogen and oxygen atoms in total. The Morgan fingerprint density at radius 2 is 2.30 bits per heavy atom. The fourth-order valence-electron chi connectivity index (χ4n) is 0.536. The number of aromatic nitrogens is 4. The van der Waals surface area contributed by atoms with Crippen LogP contribution in [0.2, 0.25) is 0 Å². The molecule has 0 N–H and O–H groups in total. The molecule has 2 heterocycles. The van der Waals surface area contributed by atoms with Crippen molar-refractivity contribution in [3.8, 4) is 11.7 Å². The fraction of sp³-hybridized carbons (Fsp3) is 0. The summed E-state index contributed by atoms with van der Waals surface area (Å²) in [6, 6.07) is 0. The van der Waals surface area contributed by atoms with Crippen molar-refractivity contribution in [3.63, 3.8) is 0 Å². The Labute approximate surface area is 54.9 Å². The summed E-state index contributed by atoms with van der Waals surface area (Å²) in [5, 5.41) is 6.85. The van der Waals surface area contributed by atoms with Gasteiger partial charge in [0.15, 0.2) is 6.33 Å². The summed E-state index contributed by atoms with van der Waals surface area (Å²) in [5.74, 6) is 0.561. The topological polar surface area (TPSA) is 77.8 Å². The van der Waals surface area contributed by atoms with Crippen LogP contribution in [0.15, 0.2) is 21.8 Å². The average Bonchev–Trinajstić information content (AvgIpc) is 2.59. The third kappa shape index (κ3) is 0.661. The van der Waals surface area contributed by atoms with Gasteiger partial charge >= 0.3 is 0 Å². The van der Waals surface area contributed by atoms with E-state index in [0.717, 1.165) is 0 Å². The van der Waals surface area contributed by atoms with Gasteiger partial charge in [0.05, 0.1) is 0 Å². The first-order chi connectivity index (χ1) is 4.97. The van der Waals surface area contributed by atoms with E-state index in [1.54, 1.807) is 0 Å². The second kappa shape index (κ2) is 1.90. The van der Waals surface area contributed by atoms with E-state index in [-0.39, 0.29) is 5.89 Å². The van der Waals surface area contributed by atoms with Gasteiger partial charge in [-0.3, -0.25) is 0 Å². The van der Waals surface area contributed by atoms with Crippen LogP contribution < -0.4 is 0 Å². The summed E-state index contributed by atoms with van der Waals surface area (Å²) in [7, 11) is 0. The summed E-state index contributed by atoms with van der Waals surface area (Å²) in [4.78, 5) is 7.38. The molecule has 0 fully saturated rings. The highest BCUT2D eigenvalue weighted by Gasteiger charge is 2.06. The van der Waals surface area contributed by atoms with E-state index in [4.69, 9.17) is 0 Å². The quantitative estimate of drug-likeness (QED) is 0.556. The second-order valence-corrected chi connectivity index (χ2v) is 1.50. The molecule has 0 aliphatic heterocycles. The lowest BCUT2D eigenvalue weighted by molar-refractivity contribution is 0.404. The van der Waals surface area contributed by atoms with Crippen molar-refractivity contribution in [1.29, 1.82) is 0 Å². The summed E-state index contributed by atoms with van der Waals surface area (Å²) < 4.78 is 9.08. The Hall–Kier alpha value is -1.72. The van der Waals surface area contributed by atoms with Gasteiger partial charge in [-0.2, -0.15) is 9.97 Å². The van der Waals surface area contributed by atoms with E-state index >= 15 is 0 Å². The van der Waals surface area contributed by atoms with Crippen LogP contribution in [-0.2, 0) is 0 Å². The summed E-state index contributed by atoms with van der Waals surface area (Å²) in [5.41, 5.74) is 0. The Bertz CT molecular complexity index is 255. The molecule has 0 aliphatic carbocycles. The Morgan fingerprint density at radius 1 is 1.30 bits per heavy atom. The largest absolute Gasteiger partial charge is 0.342 e. The predicted octanol–water partition coefficient (Wildman–Crippen LogP) is 0.120. The minimum atomic E-state index is 0.258. The normalized spacial score (nSPS) is 10.0. The molecule has 10 heavy (non-hydrogen) atoms. The van der Waals surface area contributed by atoms with Crippen LogP contribution in [-0.4, -0.2) is 20.3 Å². The van der Waals surface area contributed by atoms with Crippen molar-refractivity contribution < 1.29 is 9.05 Å². The molecular weight excluding hydrogens is 136 g/mol. The lowest BCUT2D eigenvalue weighted by atomic mass is 10.6. The molecule has 0 saturated heterocycles. The van der Waals surface area contributed by atoms with Gasteiger partial charge in [0.1, 0.15) is 0 Å². The van der Waals surface area contributed by atoms with Gasteiger partial charge in [-0.1, -0.05) is 10.3 Å². The van der Waals surface area contributed by atoms with E-state index in [0.29, 0.717) is 5.82 Å². The van der Waals surface area contributed by atoms with Crippen LogP contribution in [0.4, 0.5) is 0 Å². The van der Waals surface area contributed by atoms with Gasteiger partial charge in [0.2, 0.25) is 6.39 Å². The second-order valence-electron chi connectivity index (χ2n) is 1.50. The molecule has 0 aromatic carbocycles. The minimum absolute atomic E-state index is 0.258. The third-order valence-electron chi connectivity index (χ3n) is 0.914. The average molecular weight is 138 g/mol. The van der Waals surface area contributed by atoms with Gasteiger partial charge in [-0.25, -0.2) is 0 Å². The predicted molar refractivity (Wildman–Crippen MR) is 27.6 cm³/mol. The van der Waals surface area contributed by atoms with Crippen LogP contribution in [0.1, 0.15) is 0 Å². The monoisotopic (exact) mass is 138 g/mol. The Kier molecular flexibility index (Phi) is 0.970. The number of hydrogen-bond donors (Lipinski definition) is 0. The van der Waals surface area contributed by atoms with Crippen molar-refractivity contribution in [1.82, 2.24) is 20.3 Å². The first-order valence-electron chi connectivity index (χ1n) is 2.50. The van der Waals surface area contributed by atoms with E-state index in [2.05, 4.69) is 29.3 Å². The Balaban J connectivity index is 2.48. The zero-order chi connectivity index (χ0) is 6.81. The van der Waals surface area contributed by atoms with Crippen LogP contribution in [0.3, 0.4) is 0 Å². The van der Waals surface area contributed by atoms with Crippen molar-refractivity contribution in [2.45, 2.75) is 0 Å². The third-order valence-corrected chi connectivity index (χ3v) is 0.914. The molecule has 50 valence electrons.